The SMILES string of the molecule is CC.CC(=O)N(C)C(C)CCN(C)C1CC2(CCNC2)C1. The largest absolute Gasteiger partial charge is 0.343 e. The normalized spacial score (nSPS) is 28.8. The van der Waals surface area contributed by atoms with Gasteiger partial charge in [-0.15, -0.1) is 0 Å². The van der Waals surface area contributed by atoms with E-state index in [-0.39, 0.29) is 5.91 Å². The molecule has 21 heavy (non-hydrogen) atoms. The number of hydrogen-bond donors (Lipinski definition) is 1. The molecule has 1 aliphatic carbocycles. The van der Waals surface area contributed by atoms with Gasteiger partial charge in [0.2, 0.25) is 5.91 Å². The molecule has 1 saturated carbocycles. The first-order valence-corrected chi connectivity index (χ1v) is 8.58. The Labute approximate surface area is 131 Å². The molecule has 0 aromatic carbocycles. The molecule has 0 aromatic rings. The summed E-state index contributed by atoms with van der Waals surface area (Å²) in [6.07, 6.45) is 5.13. The molecule has 2 rings (SSSR count). The molecule has 1 aliphatic heterocycles. The highest BCUT2D eigenvalue weighted by Gasteiger charge is 2.46. The summed E-state index contributed by atoms with van der Waals surface area (Å²) in [5.41, 5.74) is 0.626. The van der Waals surface area contributed by atoms with Crippen LogP contribution in [0.25, 0.3) is 0 Å². The fourth-order valence-corrected chi connectivity index (χ4v) is 3.47. The minimum atomic E-state index is 0.162. The van der Waals surface area contributed by atoms with Crippen molar-refractivity contribution in [1.29, 1.82) is 0 Å². The van der Waals surface area contributed by atoms with Gasteiger partial charge in [-0.1, -0.05) is 13.8 Å². The Kier molecular flexibility index (Phi) is 7.14. The van der Waals surface area contributed by atoms with Crippen molar-refractivity contribution in [3.63, 3.8) is 0 Å². The third kappa shape index (κ3) is 4.68. The first kappa shape index (κ1) is 18.4. The summed E-state index contributed by atoms with van der Waals surface area (Å²) in [6, 6.07) is 1.09. The maximum Gasteiger partial charge on any atom is 0.219 e. The molecule has 2 fully saturated rings. The second-order valence-electron chi connectivity index (χ2n) is 6.74. The highest BCUT2D eigenvalue weighted by molar-refractivity contribution is 5.73. The second kappa shape index (κ2) is 8.14. The molecule has 0 bridgehead atoms. The Morgan fingerprint density at radius 2 is 1.95 bits per heavy atom. The Morgan fingerprint density at radius 3 is 2.43 bits per heavy atom. The van der Waals surface area contributed by atoms with Gasteiger partial charge < -0.3 is 15.1 Å². The van der Waals surface area contributed by atoms with Gasteiger partial charge in [-0.25, -0.2) is 0 Å². The van der Waals surface area contributed by atoms with Gasteiger partial charge in [-0.2, -0.15) is 0 Å². The van der Waals surface area contributed by atoms with Crippen LogP contribution >= 0.6 is 0 Å². The lowest BCUT2D eigenvalue weighted by molar-refractivity contribution is -0.129. The Bertz CT molecular complexity index is 318. The molecule has 124 valence electrons. The van der Waals surface area contributed by atoms with E-state index in [1.807, 2.05) is 25.8 Å². The summed E-state index contributed by atoms with van der Waals surface area (Å²) in [4.78, 5) is 15.6. The van der Waals surface area contributed by atoms with Crippen LogP contribution in [0, 0.1) is 5.41 Å². The van der Waals surface area contributed by atoms with Crippen LogP contribution < -0.4 is 5.32 Å². The van der Waals surface area contributed by atoms with E-state index in [0.29, 0.717) is 11.5 Å². The lowest BCUT2D eigenvalue weighted by atomic mass is 9.64. The van der Waals surface area contributed by atoms with Crippen LogP contribution in [0.1, 0.15) is 53.4 Å². The van der Waals surface area contributed by atoms with Gasteiger partial charge in [0.05, 0.1) is 0 Å². The number of amides is 1. The molecule has 1 unspecified atom stereocenters. The Morgan fingerprint density at radius 1 is 1.33 bits per heavy atom. The Balaban J connectivity index is 0.00000106. The van der Waals surface area contributed by atoms with Gasteiger partial charge in [0.1, 0.15) is 0 Å². The lowest BCUT2D eigenvalue weighted by Gasteiger charge is -2.49. The monoisotopic (exact) mass is 297 g/mol. The van der Waals surface area contributed by atoms with Crippen molar-refractivity contribution < 1.29 is 4.79 Å². The van der Waals surface area contributed by atoms with Crippen molar-refractivity contribution in [1.82, 2.24) is 15.1 Å². The lowest BCUT2D eigenvalue weighted by Crippen LogP contribution is -2.51. The van der Waals surface area contributed by atoms with Crippen LogP contribution in [-0.2, 0) is 4.79 Å². The van der Waals surface area contributed by atoms with Crippen LogP contribution in [0.2, 0.25) is 0 Å². The van der Waals surface area contributed by atoms with Crippen LogP contribution in [-0.4, -0.2) is 61.5 Å². The summed E-state index contributed by atoms with van der Waals surface area (Å²) in [5.74, 6) is 0.162. The highest BCUT2D eigenvalue weighted by atomic mass is 16.2. The fraction of sp³-hybridized carbons (Fsp3) is 0.941. The minimum Gasteiger partial charge on any atom is -0.343 e. The second-order valence-corrected chi connectivity index (χ2v) is 6.74. The van der Waals surface area contributed by atoms with Crippen LogP contribution in [0.15, 0.2) is 0 Å². The molecule has 0 radical (unpaired) electrons. The maximum absolute atomic E-state index is 11.3. The van der Waals surface area contributed by atoms with Gasteiger partial charge in [-0.05, 0) is 51.6 Å². The fourth-order valence-electron chi connectivity index (χ4n) is 3.47. The van der Waals surface area contributed by atoms with Crippen molar-refractivity contribution in [2.45, 2.75) is 65.5 Å². The molecular formula is C17H35N3O. The number of nitrogens with one attached hydrogen (secondary N) is 1. The van der Waals surface area contributed by atoms with Gasteiger partial charge in [0.15, 0.2) is 0 Å². The van der Waals surface area contributed by atoms with Crippen molar-refractivity contribution in [3.05, 3.63) is 0 Å². The molecule has 1 atom stereocenters. The van der Waals surface area contributed by atoms with Crippen molar-refractivity contribution in [3.8, 4) is 0 Å². The zero-order chi connectivity index (χ0) is 16.0. The maximum atomic E-state index is 11.3. The number of nitrogens with zero attached hydrogens (tertiary/aromatic N) is 2. The van der Waals surface area contributed by atoms with Gasteiger partial charge in [-0.3, -0.25) is 4.79 Å². The zero-order valence-corrected chi connectivity index (χ0v) is 14.9. The number of carbonyl (C=O) groups is 1. The Hall–Kier alpha value is -0.610. The van der Waals surface area contributed by atoms with Crippen molar-refractivity contribution in [2.75, 3.05) is 33.7 Å². The van der Waals surface area contributed by atoms with E-state index in [2.05, 4.69) is 24.2 Å². The van der Waals surface area contributed by atoms with E-state index >= 15 is 0 Å². The van der Waals surface area contributed by atoms with Crippen LogP contribution in [0.5, 0.6) is 0 Å². The van der Waals surface area contributed by atoms with Gasteiger partial charge >= 0.3 is 0 Å². The average molecular weight is 297 g/mol. The molecule has 1 N–H and O–H groups in total. The molecule has 1 heterocycles. The quantitative estimate of drug-likeness (QED) is 0.846. The van der Waals surface area contributed by atoms with Crippen LogP contribution in [0.4, 0.5) is 0 Å². The van der Waals surface area contributed by atoms with Gasteiger partial charge in [0, 0.05) is 39.1 Å². The zero-order valence-electron chi connectivity index (χ0n) is 14.9. The summed E-state index contributed by atoms with van der Waals surface area (Å²) in [6.45, 7) is 11.3. The smallest absolute Gasteiger partial charge is 0.219 e. The topological polar surface area (TPSA) is 35.6 Å². The molecule has 4 heteroatoms. The summed E-state index contributed by atoms with van der Waals surface area (Å²) >= 11 is 0. The first-order chi connectivity index (χ1) is 9.93. The number of hydrogen-bond acceptors (Lipinski definition) is 3. The van der Waals surface area contributed by atoms with E-state index in [1.54, 1.807) is 6.92 Å². The molecule has 1 saturated heterocycles. The predicted molar refractivity (Wildman–Crippen MR) is 89.4 cm³/mol. The number of carbonyl (C=O) groups excluding carboxylic acids is 1. The third-order valence-corrected chi connectivity index (χ3v) is 5.35. The highest BCUT2D eigenvalue weighted by Crippen LogP contribution is 2.47. The van der Waals surface area contributed by atoms with E-state index in [9.17, 15) is 4.79 Å². The molecule has 1 spiro atoms. The van der Waals surface area contributed by atoms with Crippen molar-refractivity contribution in [2.24, 2.45) is 5.41 Å². The van der Waals surface area contributed by atoms with E-state index in [4.69, 9.17) is 0 Å². The molecule has 0 aromatic heterocycles. The van der Waals surface area contributed by atoms with E-state index in [0.717, 1.165) is 19.0 Å². The summed E-state index contributed by atoms with van der Waals surface area (Å²) in [5, 5.41) is 3.49. The number of rotatable bonds is 5. The average Bonchev–Trinajstić information content (AvgIpc) is 2.93. The first-order valence-electron chi connectivity index (χ1n) is 8.58. The predicted octanol–water partition coefficient (Wildman–Crippen LogP) is 2.34. The van der Waals surface area contributed by atoms with Gasteiger partial charge in [0.25, 0.3) is 0 Å². The molecule has 1 amide bonds. The standard InChI is InChI=1S/C15H29N3O.C2H6/c1-12(18(4)13(2)19)5-8-17(3)14-9-15(10-14)6-7-16-11-15;1-2/h12,14,16H,5-11H2,1-4H3;1-2H3. The molecular weight excluding hydrogens is 262 g/mol. The summed E-state index contributed by atoms with van der Waals surface area (Å²) in [7, 11) is 4.13. The van der Waals surface area contributed by atoms with Crippen molar-refractivity contribution >= 4 is 5.91 Å². The van der Waals surface area contributed by atoms with Crippen LogP contribution in [0.3, 0.4) is 0 Å². The minimum absolute atomic E-state index is 0.162. The molecule has 4 nitrogen and oxygen atoms in total. The third-order valence-electron chi connectivity index (χ3n) is 5.35. The molecule has 2 aliphatic rings. The summed E-state index contributed by atoms with van der Waals surface area (Å²) < 4.78 is 0. The van der Waals surface area contributed by atoms with E-state index in [1.165, 1.54) is 32.4 Å². The van der Waals surface area contributed by atoms with E-state index < -0.39 is 0 Å².